The molecule has 2 aliphatic rings. The molecule has 0 saturated carbocycles. The van der Waals surface area contributed by atoms with Crippen LogP contribution in [0, 0.1) is 0 Å². The fraction of sp³-hybridized carbons (Fsp3) is 0.750. The van der Waals surface area contributed by atoms with Crippen molar-refractivity contribution in [2.24, 2.45) is 0 Å². The lowest BCUT2D eigenvalue weighted by molar-refractivity contribution is 0.188. The molecule has 1 aromatic heterocycles. The minimum absolute atomic E-state index is 0.533. The molecule has 1 atom stereocenters. The molecule has 19 heavy (non-hydrogen) atoms. The first-order valence-electron chi connectivity index (χ1n) is 7.91. The molecule has 0 radical (unpaired) electrons. The fourth-order valence-corrected chi connectivity index (χ4v) is 3.58. The summed E-state index contributed by atoms with van der Waals surface area (Å²) in [6, 6.07) is 3.39. The van der Waals surface area contributed by atoms with Crippen LogP contribution in [0.15, 0.2) is 16.7 Å². The number of furan rings is 1. The third-order valence-electron chi connectivity index (χ3n) is 4.62. The minimum atomic E-state index is 0.533. The second-order valence-corrected chi connectivity index (χ2v) is 6.03. The molecule has 1 aliphatic carbocycles. The molecule has 0 aromatic carbocycles. The number of piperidine rings is 1. The predicted octanol–water partition coefficient (Wildman–Crippen LogP) is 3.12. The molecule has 0 spiro atoms. The van der Waals surface area contributed by atoms with Crippen molar-refractivity contribution in [3.8, 4) is 0 Å². The Bertz CT molecular complexity index is 393. The van der Waals surface area contributed by atoms with Crippen LogP contribution < -0.4 is 5.32 Å². The molecule has 1 saturated heterocycles. The average Bonchev–Trinajstić information content (AvgIpc) is 2.91. The van der Waals surface area contributed by atoms with E-state index in [0.29, 0.717) is 12.1 Å². The van der Waals surface area contributed by atoms with E-state index in [4.69, 9.17) is 4.42 Å². The van der Waals surface area contributed by atoms with Crippen LogP contribution in [0.1, 0.15) is 56.4 Å². The SMILES string of the molecule is CCCN1CCC(NC2CCCc3occc32)CC1. The first-order chi connectivity index (χ1) is 9.36. The summed E-state index contributed by atoms with van der Waals surface area (Å²) in [5.41, 5.74) is 1.42. The second-order valence-electron chi connectivity index (χ2n) is 6.03. The topological polar surface area (TPSA) is 28.4 Å². The largest absolute Gasteiger partial charge is 0.469 e. The van der Waals surface area contributed by atoms with Crippen LogP contribution in [0.25, 0.3) is 0 Å². The predicted molar refractivity (Wildman–Crippen MR) is 77.3 cm³/mol. The van der Waals surface area contributed by atoms with Crippen molar-refractivity contribution in [2.45, 2.75) is 57.5 Å². The van der Waals surface area contributed by atoms with Crippen molar-refractivity contribution < 1.29 is 4.42 Å². The van der Waals surface area contributed by atoms with Crippen LogP contribution in [0.5, 0.6) is 0 Å². The first kappa shape index (κ1) is 13.2. The standard InChI is InChI=1S/C16H26N2O/c1-2-9-18-10-6-13(7-11-18)17-15-4-3-5-16-14(15)8-12-19-16/h8,12-13,15,17H,2-7,9-11H2,1H3. The van der Waals surface area contributed by atoms with Gasteiger partial charge in [-0.15, -0.1) is 0 Å². The van der Waals surface area contributed by atoms with Gasteiger partial charge in [-0.05, 0) is 57.8 Å². The van der Waals surface area contributed by atoms with Crippen molar-refractivity contribution in [1.29, 1.82) is 0 Å². The number of hydrogen-bond donors (Lipinski definition) is 1. The number of likely N-dealkylation sites (tertiary alicyclic amines) is 1. The van der Waals surface area contributed by atoms with Crippen molar-refractivity contribution in [1.82, 2.24) is 10.2 Å². The molecule has 1 unspecified atom stereocenters. The van der Waals surface area contributed by atoms with E-state index in [9.17, 15) is 0 Å². The Morgan fingerprint density at radius 2 is 2.16 bits per heavy atom. The van der Waals surface area contributed by atoms with Crippen molar-refractivity contribution in [3.63, 3.8) is 0 Å². The molecule has 1 aliphatic heterocycles. The second kappa shape index (κ2) is 6.10. The maximum Gasteiger partial charge on any atom is 0.108 e. The van der Waals surface area contributed by atoms with E-state index in [2.05, 4.69) is 23.2 Å². The number of aryl methyl sites for hydroxylation is 1. The van der Waals surface area contributed by atoms with E-state index in [1.807, 2.05) is 6.26 Å². The molecule has 0 bridgehead atoms. The van der Waals surface area contributed by atoms with Gasteiger partial charge in [-0.1, -0.05) is 6.92 Å². The Morgan fingerprint density at radius 3 is 2.95 bits per heavy atom. The molecular weight excluding hydrogens is 236 g/mol. The number of nitrogens with one attached hydrogen (secondary N) is 1. The Kier molecular flexibility index (Phi) is 4.24. The molecule has 1 aromatic rings. The quantitative estimate of drug-likeness (QED) is 0.903. The lowest BCUT2D eigenvalue weighted by Crippen LogP contribution is -2.44. The maximum atomic E-state index is 5.58. The van der Waals surface area contributed by atoms with E-state index in [1.54, 1.807) is 0 Å². The van der Waals surface area contributed by atoms with Crippen LogP contribution in [0.2, 0.25) is 0 Å². The van der Waals surface area contributed by atoms with E-state index in [1.165, 1.54) is 63.1 Å². The summed E-state index contributed by atoms with van der Waals surface area (Å²) in [6.07, 6.45) is 9.37. The van der Waals surface area contributed by atoms with Gasteiger partial charge in [0.1, 0.15) is 5.76 Å². The average molecular weight is 262 g/mol. The summed E-state index contributed by atoms with van der Waals surface area (Å²) in [4.78, 5) is 2.60. The smallest absolute Gasteiger partial charge is 0.108 e. The van der Waals surface area contributed by atoms with E-state index >= 15 is 0 Å². The minimum Gasteiger partial charge on any atom is -0.469 e. The first-order valence-corrected chi connectivity index (χ1v) is 7.91. The summed E-state index contributed by atoms with van der Waals surface area (Å²) in [7, 11) is 0. The number of hydrogen-bond acceptors (Lipinski definition) is 3. The molecule has 1 N–H and O–H groups in total. The summed E-state index contributed by atoms with van der Waals surface area (Å²) < 4.78 is 5.58. The Labute approximate surface area is 116 Å². The van der Waals surface area contributed by atoms with Crippen molar-refractivity contribution in [3.05, 3.63) is 23.7 Å². The van der Waals surface area contributed by atoms with E-state index in [-0.39, 0.29) is 0 Å². The van der Waals surface area contributed by atoms with Gasteiger partial charge in [-0.3, -0.25) is 0 Å². The molecule has 0 amide bonds. The summed E-state index contributed by atoms with van der Waals surface area (Å²) in [5, 5.41) is 3.88. The molecule has 106 valence electrons. The maximum absolute atomic E-state index is 5.58. The van der Waals surface area contributed by atoms with Gasteiger partial charge in [0.15, 0.2) is 0 Å². The van der Waals surface area contributed by atoms with Crippen LogP contribution in [-0.4, -0.2) is 30.6 Å². The third-order valence-corrected chi connectivity index (χ3v) is 4.62. The zero-order valence-electron chi connectivity index (χ0n) is 12.0. The lowest BCUT2D eigenvalue weighted by Gasteiger charge is -2.35. The third kappa shape index (κ3) is 3.03. The number of fused-ring (bicyclic) bond motifs is 1. The van der Waals surface area contributed by atoms with Crippen LogP contribution in [0.4, 0.5) is 0 Å². The summed E-state index contributed by atoms with van der Waals surface area (Å²) >= 11 is 0. The molecule has 2 heterocycles. The van der Waals surface area contributed by atoms with Gasteiger partial charge in [-0.25, -0.2) is 0 Å². The Balaban J connectivity index is 1.54. The molecule has 3 rings (SSSR count). The number of rotatable bonds is 4. The van der Waals surface area contributed by atoms with Gasteiger partial charge in [0.25, 0.3) is 0 Å². The highest BCUT2D eigenvalue weighted by Gasteiger charge is 2.26. The monoisotopic (exact) mass is 262 g/mol. The highest BCUT2D eigenvalue weighted by Crippen LogP contribution is 2.31. The highest BCUT2D eigenvalue weighted by molar-refractivity contribution is 5.24. The molecular formula is C16H26N2O. The molecule has 1 fully saturated rings. The van der Waals surface area contributed by atoms with Gasteiger partial charge in [-0.2, -0.15) is 0 Å². The highest BCUT2D eigenvalue weighted by atomic mass is 16.3. The Hall–Kier alpha value is -0.800. The van der Waals surface area contributed by atoms with Gasteiger partial charge < -0.3 is 14.6 Å². The van der Waals surface area contributed by atoms with E-state index in [0.717, 1.165) is 6.42 Å². The lowest BCUT2D eigenvalue weighted by atomic mass is 9.91. The zero-order chi connectivity index (χ0) is 13.1. The Morgan fingerprint density at radius 1 is 1.32 bits per heavy atom. The summed E-state index contributed by atoms with van der Waals surface area (Å²) in [6.45, 7) is 6.06. The van der Waals surface area contributed by atoms with Gasteiger partial charge >= 0.3 is 0 Å². The fourth-order valence-electron chi connectivity index (χ4n) is 3.58. The van der Waals surface area contributed by atoms with Gasteiger partial charge in [0.05, 0.1) is 6.26 Å². The van der Waals surface area contributed by atoms with Crippen LogP contribution in [0.3, 0.4) is 0 Å². The molecule has 3 nitrogen and oxygen atoms in total. The molecule has 3 heteroatoms. The van der Waals surface area contributed by atoms with Gasteiger partial charge in [0, 0.05) is 24.1 Å². The van der Waals surface area contributed by atoms with Crippen molar-refractivity contribution >= 4 is 0 Å². The zero-order valence-corrected chi connectivity index (χ0v) is 12.0. The normalized spacial score (nSPS) is 25.4. The van der Waals surface area contributed by atoms with Crippen molar-refractivity contribution in [2.75, 3.05) is 19.6 Å². The van der Waals surface area contributed by atoms with Crippen LogP contribution in [-0.2, 0) is 6.42 Å². The number of nitrogens with zero attached hydrogens (tertiary/aromatic N) is 1. The van der Waals surface area contributed by atoms with E-state index < -0.39 is 0 Å². The van der Waals surface area contributed by atoms with Gasteiger partial charge in [0.2, 0.25) is 0 Å². The van der Waals surface area contributed by atoms with Crippen LogP contribution >= 0.6 is 0 Å². The summed E-state index contributed by atoms with van der Waals surface area (Å²) in [5.74, 6) is 1.21.